The smallest absolute Gasteiger partial charge is 0.173 e. The predicted molar refractivity (Wildman–Crippen MR) is 95.3 cm³/mol. The number of carbonyl (C=O) groups excluding carboxylic acids is 1. The van der Waals surface area contributed by atoms with Gasteiger partial charge in [0.25, 0.3) is 0 Å². The SMILES string of the molecule is COc1ccc(C(=O)CSC(=S)Nc2ccc(Cl)cn2)cc1. The number of benzene rings is 1. The first-order valence-corrected chi connectivity index (χ1v) is 8.08. The Hall–Kier alpha value is -1.63. The minimum absolute atomic E-state index is 0.000804. The summed E-state index contributed by atoms with van der Waals surface area (Å²) in [6.45, 7) is 0. The number of nitrogens with zero attached hydrogens (tertiary/aromatic N) is 1. The van der Waals surface area contributed by atoms with Crippen LogP contribution in [0.4, 0.5) is 5.82 Å². The number of aromatic nitrogens is 1. The van der Waals surface area contributed by atoms with Crippen LogP contribution in [0.5, 0.6) is 5.75 Å². The van der Waals surface area contributed by atoms with E-state index in [4.69, 9.17) is 28.6 Å². The van der Waals surface area contributed by atoms with Gasteiger partial charge in [0, 0.05) is 11.8 Å². The lowest BCUT2D eigenvalue weighted by atomic mass is 10.1. The molecule has 0 unspecified atom stereocenters. The van der Waals surface area contributed by atoms with Crippen molar-refractivity contribution in [3.05, 3.63) is 53.2 Å². The number of thioether (sulfide) groups is 1. The third kappa shape index (κ3) is 4.98. The lowest BCUT2D eigenvalue weighted by Gasteiger charge is -2.06. The molecule has 0 aliphatic carbocycles. The molecule has 7 heteroatoms. The molecule has 0 radical (unpaired) electrons. The first-order chi connectivity index (χ1) is 10.6. The molecule has 0 saturated carbocycles. The summed E-state index contributed by atoms with van der Waals surface area (Å²) in [6, 6.07) is 10.4. The van der Waals surface area contributed by atoms with Gasteiger partial charge in [-0.3, -0.25) is 4.79 Å². The van der Waals surface area contributed by atoms with Crippen LogP contribution in [-0.2, 0) is 0 Å². The van der Waals surface area contributed by atoms with Gasteiger partial charge >= 0.3 is 0 Å². The molecule has 4 nitrogen and oxygen atoms in total. The maximum absolute atomic E-state index is 12.1. The summed E-state index contributed by atoms with van der Waals surface area (Å²) in [4.78, 5) is 16.1. The highest BCUT2D eigenvalue weighted by Gasteiger charge is 2.08. The maximum atomic E-state index is 12.1. The number of carbonyl (C=O) groups is 1. The summed E-state index contributed by atoms with van der Waals surface area (Å²) in [5.41, 5.74) is 0.626. The number of hydrogen-bond acceptors (Lipinski definition) is 5. The van der Waals surface area contributed by atoms with Crippen LogP contribution < -0.4 is 10.1 Å². The average molecular weight is 353 g/mol. The van der Waals surface area contributed by atoms with Gasteiger partial charge in [0.2, 0.25) is 0 Å². The molecule has 0 aliphatic rings. The zero-order valence-electron chi connectivity index (χ0n) is 11.7. The molecule has 1 aromatic heterocycles. The van der Waals surface area contributed by atoms with Gasteiger partial charge in [-0.05, 0) is 36.4 Å². The van der Waals surface area contributed by atoms with E-state index >= 15 is 0 Å². The number of hydrogen-bond donors (Lipinski definition) is 1. The molecular weight excluding hydrogens is 340 g/mol. The van der Waals surface area contributed by atoms with Crippen LogP contribution in [0.3, 0.4) is 0 Å². The molecule has 2 aromatic rings. The van der Waals surface area contributed by atoms with Crippen molar-refractivity contribution in [3.63, 3.8) is 0 Å². The topological polar surface area (TPSA) is 51.2 Å². The average Bonchev–Trinajstić information content (AvgIpc) is 2.55. The molecule has 1 heterocycles. The van der Waals surface area contributed by atoms with Crippen molar-refractivity contribution in [3.8, 4) is 5.75 Å². The second-order valence-electron chi connectivity index (χ2n) is 4.21. The van der Waals surface area contributed by atoms with Gasteiger partial charge in [0.1, 0.15) is 15.9 Å². The summed E-state index contributed by atoms with van der Waals surface area (Å²) in [7, 11) is 1.58. The van der Waals surface area contributed by atoms with E-state index in [2.05, 4.69) is 10.3 Å². The number of Topliss-reactive ketones (excluding diaryl/α,β-unsaturated/α-hetero) is 1. The number of halogens is 1. The first-order valence-electron chi connectivity index (χ1n) is 6.31. The first kappa shape index (κ1) is 16.7. The van der Waals surface area contributed by atoms with E-state index in [-0.39, 0.29) is 11.5 Å². The van der Waals surface area contributed by atoms with E-state index in [1.165, 1.54) is 18.0 Å². The molecule has 0 amide bonds. The summed E-state index contributed by atoms with van der Waals surface area (Å²) < 4.78 is 5.54. The van der Waals surface area contributed by atoms with Crippen LogP contribution in [0.15, 0.2) is 42.6 Å². The second-order valence-corrected chi connectivity index (χ2v) is 6.30. The Morgan fingerprint density at radius 2 is 2.05 bits per heavy atom. The Kier molecular flexibility index (Phi) is 6.18. The standard InChI is InChI=1S/C15H13ClN2O2S2/c1-20-12-5-2-10(3-6-12)13(19)9-22-15(21)18-14-7-4-11(16)8-17-14/h2-8H,9H2,1H3,(H,17,18,21). The number of ether oxygens (including phenoxy) is 1. The monoisotopic (exact) mass is 352 g/mol. The van der Waals surface area contributed by atoms with Gasteiger partial charge < -0.3 is 10.1 Å². The Morgan fingerprint density at radius 1 is 1.32 bits per heavy atom. The van der Waals surface area contributed by atoms with E-state index in [0.717, 1.165) is 5.75 Å². The third-order valence-electron chi connectivity index (χ3n) is 2.70. The van der Waals surface area contributed by atoms with Crippen molar-refractivity contribution >= 4 is 51.5 Å². The van der Waals surface area contributed by atoms with Crippen molar-refractivity contribution in [2.75, 3.05) is 18.2 Å². The zero-order chi connectivity index (χ0) is 15.9. The van der Waals surface area contributed by atoms with Gasteiger partial charge in [-0.15, -0.1) is 0 Å². The number of thiocarbonyl (C=S) groups is 1. The third-order valence-corrected chi connectivity index (χ3v) is 4.15. The van der Waals surface area contributed by atoms with Gasteiger partial charge in [0.15, 0.2) is 5.78 Å². The molecule has 1 N–H and O–H groups in total. The number of rotatable bonds is 5. The van der Waals surface area contributed by atoms with Gasteiger partial charge in [0.05, 0.1) is 17.9 Å². The quantitative estimate of drug-likeness (QED) is 0.647. The number of anilines is 1. The fourth-order valence-electron chi connectivity index (χ4n) is 1.58. The van der Waals surface area contributed by atoms with E-state index in [9.17, 15) is 4.79 Å². The molecule has 114 valence electrons. The van der Waals surface area contributed by atoms with Gasteiger partial charge in [-0.25, -0.2) is 4.98 Å². The van der Waals surface area contributed by atoms with Crippen molar-refractivity contribution in [1.82, 2.24) is 4.98 Å². The number of methoxy groups -OCH3 is 1. The van der Waals surface area contributed by atoms with E-state index in [1.54, 1.807) is 43.5 Å². The highest BCUT2D eigenvalue weighted by atomic mass is 35.5. The molecule has 0 bridgehead atoms. The predicted octanol–water partition coefficient (Wildman–Crippen LogP) is 4.06. The van der Waals surface area contributed by atoms with E-state index < -0.39 is 0 Å². The minimum Gasteiger partial charge on any atom is -0.497 e. The lowest BCUT2D eigenvalue weighted by molar-refractivity contribution is 0.102. The van der Waals surface area contributed by atoms with Crippen LogP contribution in [0.1, 0.15) is 10.4 Å². The maximum Gasteiger partial charge on any atom is 0.173 e. The molecular formula is C15H13ClN2O2S2. The molecule has 22 heavy (non-hydrogen) atoms. The molecule has 0 atom stereocenters. The molecule has 0 fully saturated rings. The van der Waals surface area contributed by atoms with Crippen molar-refractivity contribution in [2.45, 2.75) is 0 Å². The van der Waals surface area contributed by atoms with Crippen LogP contribution in [0, 0.1) is 0 Å². The molecule has 0 aliphatic heterocycles. The molecule has 1 aromatic carbocycles. The van der Waals surface area contributed by atoms with Crippen LogP contribution in [0.2, 0.25) is 5.02 Å². The zero-order valence-corrected chi connectivity index (χ0v) is 14.1. The summed E-state index contributed by atoms with van der Waals surface area (Å²) in [5.74, 6) is 1.57. The molecule has 0 saturated heterocycles. The Balaban J connectivity index is 1.84. The fourth-order valence-corrected chi connectivity index (χ4v) is 2.58. The largest absolute Gasteiger partial charge is 0.497 e. The highest BCUT2D eigenvalue weighted by Crippen LogP contribution is 2.16. The summed E-state index contributed by atoms with van der Waals surface area (Å²) in [6.07, 6.45) is 1.53. The van der Waals surface area contributed by atoms with Crippen molar-refractivity contribution < 1.29 is 9.53 Å². The van der Waals surface area contributed by atoms with E-state index in [1.807, 2.05) is 0 Å². The Labute approximate surface area is 143 Å². The van der Waals surface area contributed by atoms with Crippen LogP contribution in [-0.4, -0.2) is 28.0 Å². The van der Waals surface area contributed by atoms with Gasteiger partial charge in [-0.1, -0.05) is 35.6 Å². The summed E-state index contributed by atoms with van der Waals surface area (Å²) in [5, 5.41) is 3.50. The number of ketones is 1. The van der Waals surface area contributed by atoms with Crippen LogP contribution in [0.25, 0.3) is 0 Å². The van der Waals surface area contributed by atoms with Gasteiger partial charge in [-0.2, -0.15) is 0 Å². The summed E-state index contributed by atoms with van der Waals surface area (Å²) >= 11 is 12.2. The van der Waals surface area contributed by atoms with Crippen molar-refractivity contribution in [1.29, 1.82) is 0 Å². The van der Waals surface area contributed by atoms with Crippen LogP contribution >= 0.6 is 35.6 Å². The Bertz CT molecular complexity index is 660. The van der Waals surface area contributed by atoms with E-state index in [0.29, 0.717) is 20.7 Å². The molecule has 0 spiro atoms. The number of nitrogens with one attached hydrogen (secondary N) is 1. The highest BCUT2D eigenvalue weighted by molar-refractivity contribution is 8.23. The minimum atomic E-state index is 0.000804. The van der Waals surface area contributed by atoms with Crippen molar-refractivity contribution in [2.24, 2.45) is 0 Å². The fraction of sp³-hybridized carbons (Fsp3) is 0.133. The normalized spacial score (nSPS) is 10.1. The lowest BCUT2D eigenvalue weighted by Crippen LogP contribution is -2.10. The molecule has 2 rings (SSSR count). The Morgan fingerprint density at radius 3 is 2.64 bits per heavy atom. The second kappa shape index (κ2) is 8.12. The number of pyridine rings is 1.